The van der Waals surface area contributed by atoms with Crippen molar-refractivity contribution in [3.8, 4) is 5.75 Å². The summed E-state index contributed by atoms with van der Waals surface area (Å²) in [5.41, 5.74) is 1.32. The maximum absolute atomic E-state index is 5.39. The van der Waals surface area contributed by atoms with Crippen LogP contribution in [-0.4, -0.2) is 19.7 Å². The van der Waals surface area contributed by atoms with Gasteiger partial charge >= 0.3 is 0 Å². The summed E-state index contributed by atoms with van der Waals surface area (Å²) in [5.74, 6) is 1.02. The van der Waals surface area contributed by atoms with Gasteiger partial charge in [-0.1, -0.05) is 31.0 Å². The van der Waals surface area contributed by atoms with Gasteiger partial charge in [-0.05, 0) is 37.4 Å². The molecule has 0 bridgehead atoms. The van der Waals surface area contributed by atoms with Gasteiger partial charge in [-0.2, -0.15) is 0 Å². The van der Waals surface area contributed by atoms with E-state index >= 15 is 0 Å². The molecule has 0 amide bonds. The number of ether oxygens (including phenoxy) is 1. The van der Waals surface area contributed by atoms with Crippen LogP contribution in [0.2, 0.25) is 0 Å². The second-order valence-electron chi connectivity index (χ2n) is 4.52. The number of hydrogen-bond donors (Lipinski definition) is 1. The highest BCUT2D eigenvalue weighted by molar-refractivity contribution is 5.85. The number of hydrogen-bond acceptors (Lipinski definition) is 2. The Morgan fingerprint density at radius 1 is 1.24 bits per heavy atom. The first-order valence-electron chi connectivity index (χ1n) is 6.25. The van der Waals surface area contributed by atoms with Gasteiger partial charge in [-0.3, -0.25) is 0 Å². The van der Waals surface area contributed by atoms with Gasteiger partial charge in [0, 0.05) is 6.04 Å². The van der Waals surface area contributed by atoms with E-state index in [-0.39, 0.29) is 12.4 Å². The number of nitrogens with one attached hydrogen (secondary N) is 1. The first kappa shape index (κ1) is 14.3. The number of methoxy groups -OCH3 is 1. The normalized spacial score (nSPS) is 20.2. The summed E-state index contributed by atoms with van der Waals surface area (Å²) in [6, 6.07) is 8.97. The highest BCUT2D eigenvalue weighted by Crippen LogP contribution is 2.21. The van der Waals surface area contributed by atoms with Crippen molar-refractivity contribution >= 4 is 12.4 Å². The Balaban J connectivity index is 0.00000144. The number of halogens is 1. The van der Waals surface area contributed by atoms with Gasteiger partial charge in [0.2, 0.25) is 0 Å². The third-order valence-corrected chi connectivity index (χ3v) is 3.32. The Morgan fingerprint density at radius 2 is 2.06 bits per heavy atom. The fourth-order valence-corrected chi connectivity index (χ4v) is 2.41. The number of benzene rings is 1. The molecular formula is C14H22ClNO. The third-order valence-electron chi connectivity index (χ3n) is 3.32. The van der Waals surface area contributed by atoms with E-state index in [4.69, 9.17) is 4.74 Å². The largest absolute Gasteiger partial charge is 0.496 e. The van der Waals surface area contributed by atoms with Crippen LogP contribution < -0.4 is 10.1 Å². The molecule has 1 atom stereocenters. The molecule has 0 radical (unpaired) electrons. The molecule has 2 nitrogen and oxygen atoms in total. The molecule has 0 spiro atoms. The molecule has 1 unspecified atom stereocenters. The highest BCUT2D eigenvalue weighted by atomic mass is 35.5. The average molecular weight is 256 g/mol. The minimum absolute atomic E-state index is 0. The molecule has 3 heteroatoms. The van der Waals surface area contributed by atoms with Crippen LogP contribution in [0.15, 0.2) is 24.3 Å². The highest BCUT2D eigenvalue weighted by Gasteiger charge is 2.13. The lowest BCUT2D eigenvalue weighted by Crippen LogP contribution is -2.30. The van der Waals surface area contributed by atoms with Crippen molar-refractivity contribution in [2.45, 2.75) is 38.1 Å². The van der Waals surface area contributed by atoms with E-state index in [0.29, 0.717) is 6.04 Å². The fraction of sp³-hybridized carbons (Fsp3) is 0.571. The van der Waals surface area contributed by atoms with Crippen molar-refractivity contribution in [3.05, 3.63) is 29.8 Å². The molecule has 96 valence electrons. The van der Waals surface area contributed by atoms with Crippen LogP contribution in [0.1, 0.15) is 31.2 Å². The smallest absolute Gasteiger partial charge is 0.122 e. The Hall–Kier alpha value is -0.730. The second kappa shape index (κ2) is 7.57. The van der Waals surface area contributed by atoms with E-state index in [0.717, 1.165) is 12.2 Å². The van der Waals surface area contributed by atoms with Crippen LogP contribution in [-0.2, 0) is 6.42 Å². The van der Waals surface area contributed by atoms with Crippen molar-refractivity contribution in [1.29, 1.82) is 0 Å². The fourth-order valence-electron chi connectivity index (χ4n) is 2.41. The summed E-state index contributed by atoms with van der Waals surface area (Å²) in [6.07, 6.45) is 6.42. The van der Waals surface area contributed by atoms with Crippen LogP contribution >= 0.6 is 12.4 Å². The minimum Gasteiger partial charge on any atom is -0.496 e. The van der Waals surface area contributed by atoms with E-state index in [1.165, 1.54) is 37.8 Å². The van der Waals surface area contributed by atoms with Crippen LogP contribution in [0.25, 0.3) is 0 Å². The van der Waals surface area contributed by atoms with Crippen LogP contribution in [0.4, 0.5) is 0 Å². The molecule has 1 aliphatic rings. The molecule has 17 heavy (non-hydrogen) atoms. The summed E-state index contributed by atoms with van der Waals surface area (Å²) in [6.45, 7) is 1.17. The molecular weight excluding hydrogens is 234 g/mol. The molecule has 0 saturated carbocycles. The van der Waals surface area contributed by atoms with E-state index in [2.05, 4.69) is 17.4 Å². The zero-order valence-corrected chi connectivity index (χ0v) is 11.3. The molecule has 0 aliphatic carbocycles. The van der Waals surface area contributed by atoms with Crippen molar-refractivity contribution in [2.24, 2.45) is 0 Å². The lowest BCUT2D eigenvalue weighted by molar-refractivity contribution is 0.404. The average Bonchev–Trinajstić information content (AvgIpc) is 2.58. The minimum atomic E-state index is 0. The summed E-state index contributed by atoms with van der Waals surface area (Å²) in [4.78, 5) is 0. The van der Waals surface area contributed by atoms with Gasteiger partial charge in [-0.15, -0.1) is 12.4 Å². The van der Waals surface area contributed by atoms with Gasteiger partial charge in [0.05, 0.1) is 7.11 Å². The lowest BCUT2D eigenvalue weighted by atomic mass is 10.0. The summed E-state index contributed by atoms with van der Waals surface area (Å²) in [5, 5.41) is 3.63. The first-order chi connectivity index (χ1) is 7.90. The molecule has 1 heterocycles. The SMILES string of the molecule is COc1ccccc1CC1CCCCCN1.Cl. The van der Waals surface area contributed by atoms with Crippen molar-refractivity contribution < 1.29 is 4.74 Å². The van der Waals surface area contributed by atoms with Crippen molar-refractivity contribution in [1.82, 2.24) is 5.32 Å². The predicted octanol–water partition coefficient (Wildman–Crippen LogP) is 3.19. The summed E-state index contributed by atoms with van der Waals surface area (Å²) in [7, 11) is 1.75. The topological polar surface area (TPSA) is 21.3 Å². The zero-order chi connectivity index (χ0) is 11.2. The maximum atomic E-state index is 5.39. The maximum Gasteiger partial charge on any atom is 0.122 e. The summed E-state index contributed by atoms with van der Waals surface area (Å²) < 4.78 is 5.39. The van der Waals surface area contributed by atoms with Crippen LogP contribution in [0.5, 0.6) is 5.75 Å². The number of para-hydroxylation sites is 1. The van der Waals surface area contributed by atoms with Crippen LogP contribution in [0, 0.1) is 0 Å². The van der Waals surface area contributed by atoms with Gasteiger partial charge < -0.3 is 10.1 Å². The molecule has 1 aromatic rings. The van der Waals surface area contributed by atoms with Gasteiger partial charge in [0.1, 0.15) is 5.75 Å². The molecule has 1 saturated heterocycles. The monoisotopic (exact) mass is 255 g/mol. The first-order valence-corrected chi connectivity index (χ1v) is 6.25. The third kappa shape index (κ3) is 4.21. The van der Waals surface area contributed by atoms with E-state index in [1.807, 2.05) is 12.1 Å². The number of rotatable bonds is 3. The lowest BCUT2D eigenvalue weighted by Gasteiger charge is -2.17. The zero-order valence-electron chi connectivity index (χ0n) is 10.4. The summed E-state index contributed by atoms with van der Waals surface area (Å²) >= 11 is 0. The van der Waals surface area contributed by atoms with Gasteiger partial charge in [0.15, 0.2) is 0 Å². The standard InChI is InChI=1S/C14H21NO.ClH/c1-16-14-9-5-4-7-12(14)11-13-8-3-2-6-10-15-13;/h4-5,7,9,13,15H,2-3,6,8,10-11H2,1H3;1H. The van der Waals surface area contributed by atoms with E-state index in [9.17, 15) is 0 Å². The quantitative estimate of drug-likeness (QED) is 0.896. The molecule has 1 aromatic carbocycles. The molecule has 1 N–H and O–H groups in total. The van der Waals surface area contributed by atoms with Gasteiger partial charge in [-0.25, -0.2) is 0 Å². The Bertz CT molecular complexity index is 322. The molecule has 1 aliphatic heterocycles. The molecule has 2 rings (SSSR count). The molecule has 1 fully saturated rings. The second-order valence-corrected chi connectivity index (χ2v) is 4.52. The Labute approximate surface area is 110 Å². The molecule has 0 aromatic heterocycles. The van der Waals surface area contributed by atoms with Gasteiger partial charge in [0.25, 0.3) is 0 Å². The Morgan fingerprint density at radius 3 is 2.88 bits per heavy atom. The van der Waals surface area contributed by atoms with Crippen molar-refractivity contribution in [2.75, 3.05) is 13.7 Å². The van der Waals surface area contributed by atoms with Crippen molar-refractivity contribution in [3.63, 3.8) is 0 Å². The predicted molar refractivity (Wildman–Crippen MR) is 74.2 cm³/mol. The Kier molecular flexibility index (Phi) is 6.38. The van der Waals surface area contributed by atoms with E-state index in [1.54, 1.807) is 7.11 Å². The van der Waals surface area contributed by atoms with E-state index < -0.39 is 0 Å². The van der Waals surface area contributed by atoms with Crippen LogP contribution in [0.3, 0.4) is 0 Å².